The van der Waals surface area contributed by atoms with Crippen LogP contribution in [0.3, 0.4) is 0 Å². The fourth-order valence-corrected chi connectivity index (χ4v) is 13.1. The summed E-state index contributed by atoms with van der Waals surface area (Å²) >= 11 is 0. The van der Waals surface area contributed by atoms with Gasteiger partial charge in [-0.3, -0.25) is 0 Å². The minimum absolute atomic E-state index is 0.115. The van der Waals surface area contributed by atoms with Crippen LogP contribution in [0, 0.1) is 0 Å². The Morgan fingerprint density at radius 2 is 0.685 bits per heavy atom. The van der Waals surface area contributed by atoms with Crippen molar-refractivity contribution < 1.29 is 28.5 Å². The molecule has 0 N–H and O–H groups in total. The van der Waals surface area contributed by atoms with E-state index in [1.54, 1.807) is 0 Å². The second-order valence-electron chi connectivity index (χ2n) is 16.9. The van der Waals surface area contributed by atoms with Crippen LogP contribution in [0.25, 0.3) is 0 Å². The third-order valence-corrected chi connectivity index (χ3v) is 15.0. The number of methoxy groups -OCH3 is 2. The zero-order valence-corrected chi connectivity index (χ0v) is 30.2. The van der Waals surface area contributed by atoms with Crippen molar-refractivity contribution in [3.05, 3.63) is 162 Å². The van der Waals surface area contributed by atoms with E-state index in [1.165, 1.54) is 81.0 Å². The number of benzene rings is 5. The third-order valence-electron chi connectivity index (χ3n) is 15.0. The second-order valence-corrected chi connectivity index (χ2v) is 16.9. The van der Waals surface area contributed by atoms with Crippen molar-refractivity contribution in [3.63, 3.8) is 0 Å². The number of fused-ring (bicyclic) bond motifs is 32. The van der Waals surface area contributed by atoms with Gasteiger partial charge in [0.1, 0.15) is 11.5 Å². The summed E-state index contributed by atoms with van der Waals surface area (Å²) in [6, 6.07) is 28.0. The van der Waals surface area contributed by atoms with Gasteiger partial charge >= 0.3 is 11.9 Å². The van der Waals surface area contributed by atoms with Gasteiger partial charge in [0.25, 0.3) is 0 Å². The van der Waals surface area contributed by atoms with Crippen LogP contribution in [0.15, 0.2) is 72.8 Å². The largest absolute Gasteiger partial charge is 0.481 e. The van der Waals surface area contributed by atoms with Crippen molar-refractivity contribution in [2.24, 2.45) is 0 Å². The molecule has 8 aliphatic carbocycles. The maximum atomic E-state index is 12.8. The zero-order chi connectivity index (χ0) is 35.7. The van der Waals surface area contributed by atoms with Crippen LogP contribution in [0.5, 0.6) is 11.5 Å². The fraction of sp³-hybridized carbons (Fsp3) is 0.333. The molecule has 0 heterocycles. The lowest BCUT2D eigenvalue weighted by atomic mass is 9.74. The van der Waals surface area contributed by atoms with Gasteiger partial charge in [0.2, 0.25) is 0 Å². The maximum Gasteiger partial charge on any atom is 0.343 e. The van der Waals surface area contributed by atoms with E-state index in [0.717, 1.165) is 59.4 Å². The van der Waals surface area contributed by atoms with Gasteiger partial charge in [-0.15, -0.1) is 0 Å². The molecular weight excluding hydrogens is 673 g/mol. The predicted octanol–water partition coefficient (Wildman–Crippen LogP) is 8.71. The Kier molecular flexibility index (Phi) is 5.69. The molecular formula is C48H38O6. The average Bonchev–Trinajstić information content (AvgIpc) is 4.09. The van der Waals surface area contributed by atoms with Crippen LogP contribution in [0.1, 0.15) is 162 Å². The van der Waals surface area contributed by atoms with Crippen molar-refractivity contribution in [3.8, 4) is 11.5 Å². The molecule has 0 saturated carbocycles. The molecule has 8 bridgehead atoms. The molecule has 6 nitrogen and oxygen atoms in total. The molecule has 54 heavy (non-hydrogen) atoms. The summed E-state index contributed by atoms with van der Waals surface area (Å²) in [6.07, 6.45) is 4.15. The van der Waals surface area contributed by atoms with E-state index in [4.69, 9.17) is 18.9 Å². The molecule has 266 valence electrons. The number of rotatable bonds is 6. The first-order valence-corrected chi connectivity index (χ1v) is 19.7. The number of hydrogen-bond acceptors (Lipinski definition) is 6. The van der Waals surface area contributed by atoms with Crippen LogP contribution in [-0.2, 0) is 19.1 Å². The molecule has 8 atom stereocenters. The Labute approximate surface area is 313 Å². The molecule has 0 amide bonds. The molecule has 0 spiro atoms. The number of carbonyl (C=O) groups is 2. The molecule has 0 unspecified atom stereocenters. The first kappa shape index (κ1) is 30.0. The molecule has 8 aliphatic rings. The quantitative estimate of drug-likeness (QED) is 0.164. The van der Waals surface area contributed by atoms with E-state index in [1.807, 2.05) is 0 Å². The van der Waals surface area contributed by atoms with Crippen molar-refractivity contribution in [2.75, 3.05) is 27.4 Å². The number of esters is 2. The number of carbonyl (C=O) groups excluding carboxylic acids is 2. The Morgan fingerprint density at radius 3 is 0.963 bits per heavy atom. The summed E-state index contributed by atoms with van der Waals surface area (Å²) in [4.78, 5) is 25.5. The molecule has 5 aromatic carbocycles. The summed E-state index contributed by atoms with van der Waals surface area (Å²) in [5, 5.41) is 0. The van der Waals surface area contributed by atoms with E-state index >= 15 is 0 Å². The second kappa shape index (κ2) is 10.2. The molecule has 0 radical (unpaired) electrons. The minimum Gasteiger partial charge on any atom is -0.481 e. The van der Waals surface area contributed by atoms with Gasteiger partial charge < -0.3 is 18.9 Å². The molecule has 5 aromatic rings. The maximum absolute atomic E-state index is 12.8. The van der Waals surface area contributed by atoms with Gasteiger partial charge in [-0.25, -0.2) is 9.59 Å². The molecule has 13 rings (SSSR count). The third kappa shape index (κ3) is 3.50. The van der Waals surface area contributed by atoms with Gasteiger partial charge in [-0.1, -0.05) is 72.8 Å². The van der Waals surface area contributed by atoms with Crippen LogP contribution in [0.2, 0.25) is 0 Å². The summed E-state index contributed by atoms with van der Waals surface area (Å²) in [6.45, 7) is -0.302. The van der Waals surface area contributed by atoms with E-state index in [2.05, 4.69) is 72.8 Å². The minimum atomic E-state index is -0.393. The van der Waals surface area contributed by atoms with Crippen LogP contribution in [0.4, 0.5) is 0 Å². The normalized spacial score (nSPS) is 27.4. The average molecular weight is 711 g/mol. The van der Waals surface area contributed by atoms with Crippen LogP contribution < -0.4 is 9.47 Å². The monoisotopic (exact) mass is 710 g/mol. The summed E-state index contributed by atoms with van der Waals surface area (Å²) < 4.78 is 23.7. The summed E-state index contributed by atoms with van der Waals surface area (Å²) in [7, 11) is 2.83. The van der Waals surface area contributed by atoms with Gasteiger partial charge in [0, 0.05) is 69.6 Å². The Balaban J connectivity index is 1.00. The molecule has 0 fully saturated rings. The first-order valence-electron chi connectivity index (χ1n) is 19.7. The number of ether oxygens (including phenoxy) is 4. The van der Waals surface area contributed by atoms with Crippen molar-refractivity contribution in [1.29, 1.82) is 0 Å². The lowest BCUT2D eigenvalue weighted by molar-refractivity contribution is -0.143. The van der Waals surface area contributed by atoms with Gasteiger partial charge in [-0.2, -0.15) is 0 Å². The van der Waals surface area contributed by atoms with Gasteiger partial charge in [-0.05, 0) is 92.4 Å². The number of hydrogen-bond donors (Lipinski definition) is 0. The zero-order valence-electron chi connectivity index (χ0n) is 30.2. The highest BCUT2D eigenvalue weighted by Gasteiger charge is 2.55. The van der Waals surface area contributed by atoms with Crippen molar-refractivity contribution >= 4 is 11.9 Å². The van der Waals surface area contributed by atoms with Gasteiger partial charge in [0.05, 0.1) is 14.2 Å². The lowest BCUT2D eigenvalue weighted by Gasteiger charge is -2.33. The highest BCUT2D eigenvalue weighted by atomic mass is 16.6. The van der Waals surface area contributed by atoms with E-state index < -0.39 is 11.9 Å². The topological polar surface area (TPSA) is 71.1 Å². The fourth-order valence-electron chi connectivity index (χ4n) is 13.1. The smallest absolute Gasteiger partial charge is 0.343 e. The highest BCUT2D eigenvalue weighted by Crippen LogP contribution is 2.71. The van der Waals surface area contributed by atoms with Crippen LogP contribution >= 0.6 is 0 Å². The van der Waals surface area contributed by atoms with E-state index in [0.29, 0.717) is 23.7 Å². The summed E-state index contributed by atoms with van der Waals surface area (Å²) in [5.41, 5.74) is 21.9. The molecule has 6 heteroatoms. The van der Waals surface area contributed by atoms with Crippen LogP contribution in [-0.4, -0.2) is 39.4 Å². The standard InChI is InChI=1S/C48H38O6/c1-51-41(49)19-53-47-43-37-17-39(35-15-31-27-11-25(29(31)13-33(35)37)21-7-3-5-9-23(21)27)45(43)48(54-20-42(50)52-2)46-40-18-38(44(46)47)34-14-30-26-12-28(32(30)16-36(34)40)24-10-6-4-8-22(24)26/h3-10,13-16,25-28,37-40H,11-12,17-20H2,1-2H3/t25-,26+,27+,28-,37-,38+,39+,40-. The first-order chi connectivity index (χ1) is 26.5. The molecule has 0 aliphatic heterocycles. The van der Waals surface area contributed by atoms with E-state index in [9.17, 15) is 9.59 Å². The van der Waals surface area contributed by atoms with Crippen molar-refractivity contribution in [1.82, 2.24) is 0 Å². The van der Waals surface area contributed by atoms with Crippen molar-refractivity contribution in [2.45, 2.75) is 73.0 Å². The van der Waals surface area contributed by atoms with Gasteiger partial charge in [0.15, 0.2) is 13.2 Å². The highest BCUT2D eigenvalue weighted by molar-refractivity contribution is 5.80. The Bertz CT molecular complexity index is 2270. The van der Waals surface area contributed by atoms with E-state index in [-0.39, 0.29) is 36.9 Å². The SMILES string of the molecule is COC(=O)COc1c2c(c(OCC(=O)OC)c3c1[C@H]1C[C@@H]3c3cc4c(cc31)[C@H]1C[C@@H]4c3ccccc31)[C@H]1C[C@@H]2c2cc3c(cc21)[C@H]1C[C@@H]3c2ccccc21. The Hall–Kier alpha value is -5.36. The predicted molar refractivity (Wildman–Crippen MR) is 200 cm³/mol. The summed E-state index contributed by atoms with van der Waals surface area (Å²) in [5.74, 6) is 3.11. The molecule has 0 aromatic heterocycles. The lowest BCUT2D eigenvalue weighted by Crippen LogP contribution is -2.21. The molecule has 0 saturated heterocycles. The Morgan fingerprint density at radius 1 is 0.426 bits per heavy atom.